The zero-order chi connectivity index (χ0) is 11.4. The van der Waals surface area contributed by atoms with Crippen LogP contribution in [0.3, 0.4) is 0 Å². The van der Waals surface area contributed by atoms with Gasteiger partial charge in [-0.1, -0.05) is 37.5 Å². The van der Waals surface area contributed by atoms with Crippen molar-refractivity contribution in [2.45, 2.75) is 44.7 Å². The van der Waals surface area contributed by atoms with Gasteiger partial charge in [0, 0.05) is 18.2 Å². The molecule has 2 rings (SSSR count). The lowest BCUT2D eigenvalue weighted by Crippen LogP contribution is -2.32. The Morgan fingerprint density at radius 2 is 1.88 bits per heavy atom. The number of benzene rings is 1. The molecule has 0 atom stereocenters. The van der Waals surface area contributed by atoms with E-state index in [1.54, 1.807) is 6.07 Å². The Bertz CT molecular complexity index is 331. The highest BCUT2D eigenvalue weighted by Crippen LogP contribution is 2.24. The van der Waals surface area contributed by atoms with Crippen molar-refractivity contribution < 1.29 is 5.11 Å². The molecule has 0 bridgehead atoms. The molecule has 0 spiro atoms. The minimum absolute atomic E-state index is 0.421. The minimum atomic E-state index is 0.421. The molecule has 88 valence electrons. The van der Waals surface area contributed by atoms with Crippen molar-refractivity contribution in [1.82, 2.24) is 4.90 Å². The van der Waals surface area contributed by atoms with Crippen molar-refractivity contribution in [3.05, 3.63) is 29.8 Å². The standard InChI is InChI=1S/C14H21NO/c1-15(13-8-3-2-4-9-13)11-12-7-5-6-10-14(12)16/h5-7,10,13,16H,2-4,8-9,11H2,1H3. The predicted octanol–water partition coefficient (Wildman–Crippen LogP) is 3.16. The number of phenols is 1. The molecule has 1 aromatic carbocycles. The highest BCUT2D eigenvalue weighted by Gasteiger charge is 2.18. The van der Waals surface area contributed by atoms with Crippen LogP contribution in [0.1, 0.15) is 37.7 Å². The first kappa shape index (κ1) is 11.5. The molecule has 1 aromatic rings. The average Bonchev–Trinajstić information content (AvgIpc) is 2.33. The van der Waals surface area contributed by atoms with Gasteiger partial charge in [-0.25, -0.2) is 0 Å². The molecule has 0 aliphatic heterocycles. The molecule has 16 heavy (non-hydrogen) atoms. The summed E-state index contributed by atoms with van der Waals surface area (Å²) in [6.45, 7) is 0.858. The smallest absolute Gasteiger partial charge is 0.120 e. The van der Waals surface area contributed by atoms with Crippen LogP contribution in [0.2, 0.25) is 0 Å². The largest absolute Gasteiger partial charge is 0.508 e. The Hall–Kier alpha value is -1.02. The van der Waals surface area contributed by atoms with Gasteiger partial charge in [-0.2, -0.15) is 0 Å². The van der Waals surface area contributed by atoms with E-state index in [-0.39, 0.29) is 0 Å². The summed E-state index contributed by atoms with van der Waals surface area (Å²) in [6.07, 6.45) is 6.72. The third-order valence-corrected chi connectivity index (χ3v) is 3.61. The van der Waals surface area contributed by atoms with Crippen molar-refractivity contribution in [2.75, 3.05) is 7.05 Å². The van der Waals surface area contributed by atoms with Gasteiger partial charge in [-0.15, -0.1) is 0 Å². The van der Waals surface area contributed by atoms with Crippen molar-refractivity contribution >= 4 is 0 Å². The zero-order valence-electron chi connectivity index (χ0n) is 10.0. The molecule has 0 amide bonds. The maximum atomic E-state index is 9.73. The van der Waals surface area contributed by atoms with Crippen molar-refractivity contribution in [1.29, 1.82) is 0 Å². The second kappa shape index (κ2) is 5.35. The maximum absolute atomic E-state index is 9.73. The van der Waals surface area contributed by atoms with E-state index in [9.17, 15) is 5.11 Å². The molecule has 0 heterocycles. The molecule has 1 fully saturated rings. The topological polar surface area (TPSA) is 23.5 Å². The van der Waals surface area contributed by atoms with Crippen LogP contribution >= 0.6 is 0 Å². The van der Waals surface area contributed by atoms with Gasteiger partial charge in [0.2, 0.25) is 0 Å². The summed E-state index contributed by atoms with van der Waals surface area (Å²) in [5.74, 6) is 0.421. The van der Waals surface area contributed by atoms with Gasteiger partial charge < -0.3 is 5.11 Å². The molecular formula is C14H21NO. The van der Waals surface area contributed by atoms with E-state index in [2.05, 4.69) is 11.9 Å². The van der Waals surface area contributed by atoms with Crippen molar-refractivity contribution in [3.63, 3.8) is 0 Å². The lowest BCUT2D eigenvalue weighted by Gasteiger charge is -2.31. The Balaban J connectivity index is 1.96. The summed E-state index contributed by atoms with van der Waals surface area (Å²) >= 11 is 0. The zero-order valence-corrected chi connectivity index (χ0v) is 10.0. The third kappa shape index (κ3) is 2.76. The van der Waals surface area contributed by atoms with E-state index >= 15 is 0 Å². The normalized spacial score (nSPS) is 17.9. The molecule has 1 aliphatic rings. The maximum Gasteiger partial charge on any atom is 0.120 e. The lowest BCUT2D eigenvalue weighted by molar-refractivity contribution is 0.183. The van der Waals surface area contributed by atoms with E-state index in [0.29, 0.717) is 11.8 Å². The summed E-state index contributed by atoms with van der Waals surface area (Å²) in [4.78, 5) is 2.38. The Morgan fingerprint density at radius 1 is 1.19 bits per heavy atom. The number of aromatic hydroxyl groups is 1. The monoisotopic (exact) mass is 219 g/mol. The summed E-state index contributed by atoms with van der Waals surface area (Å²) in [5.41, 5.74) is 1.04. The van der Waals surface area contributed by atoms with Gasteiger partial charge in [-0.05, 0) is 26.0 Å². The van der Waals surface area contributed by atoms with Gasteiger partial charge in [0.15, 0.2) is 0 Å². The second-order valence-corrected chi connectivity index (χ2v) is 4.84. The predicted molar refractivity (Wildman–Crippen MR) is 66.4 cm³/mol. The SMILES string of the molecule is CN(Cc1ccccc1O)C1CCCCC1. The molecule has 1 saturated carbocycles. The van der Waals surface area contributed by atoms with Gasteiger partial charge in [-0.3, -0.25) is 4.90 Å². The van der Waals surface area contributed by atoms with Crippen LogP contribution in [-0.2, 0) is 6.54 Å². The average molecular weight is 219 g/mol. The molecule has 0 unspecified atom stereocenters. The van der Waals surface area contributed by atoms with Crippen LogP contribution in [0.4, 0.5) is 0 Å². The van der Waals surface area contributed by atoms with Gasteiger partial charge in [0.25, 0.3) is 0 Å². The highest BCUT2D eigenvalue weighted by molar-refractivity contribution is 5.31. The number of hydrogen-bond acceptors (Lipinski definition) is 2. The van der Waals surface area contributed by atoms with E-state index in [0.717, 1.165) is 12.1 Å². The van der Waals surface area contributed by atoms with Crippen LogP contribution in [0.25, 0.3) is 0 Å². The van der Waals surface area contributed by atoms with Crippen molar-refractivity contribution in [2.24, 2.45) is 0 Å². The summed E-state index contributed by atoms with van der Waals surface area (Å²) in [7, 11) is 2.17. The van der Waals surface area contributed by atoms with E-state index in [1.165, 1.54) is 32.1 Å². The van der Waals surface area contributed by atoms with Crippen LogP contribution in [-0.4, -0.2) is 23.1 Å². The molecule has 2 heteroatoms. The first-order chi connectivity index (χ1) is 7.77. The molecule has 2 nitrogen and oxygen atoms in total. The third-order valence-electron chi connectivity index (χ3n) is 3.61. The van der Waals surface area contributed by atoms with Crippen LogP contribution in [0, 0.1) is 0 Å². The summed E-state index contributed by atoms with van der Waals surface area (Å²) < 4.78 is 0. The summed E-state index contributed by atoms with van der Waals surface area (Å²) in [6, 6.07) is 8.34. The Morgan fingerprint density at radius 3 is 2.56 bits per heavy atom. The number of para-hydroxylation sites is 1. The number of phenolic OH excluding ortho intramolecular Hbond substituents is 1. The fourth-order valence-electron chi connectivity index (χ4n) is 2.56. The Labute approximate surface area is 97.9 Å². The van der Waals surface area contributed by atoms with Crippen LogP contribution in [0.5, 0.6) is 5.75 Å². The first-order valence-corrected chi connectivity index (χ1v) is 6.24. The van der Waals surface area contributed by atoms with Crippen molar-refractivity contribution in [3.8, 4) is 5.75 Å². The molecule has 0 aromatic heterocycles. The summed E-state index contributed by atoms with van der Waals surface area (Å²) in [5, 5.41) is 9.73. The number of rotatable bonds is 3. The number of hydrogen-bond donors (Lipinski definition) is 1. The van der Waals surface area contributed by atoms with Crippen LogP contribution in [0.15, 0.2) is 24.3 Å². The highest BCUT2D eigenvalue weighted by atomic mass is 16.3. The Kier molecular flexibility index (Phi) is 3.83. The molecule has 1 aliphatic carbocycles. The lowest BCUT2D eigenvalue weighted by atomic mass is 9.94. The quantitative estimate of drug-likeness (QED) is 0.844. The second-order valence-electron chi connectivity index (χ2n) is 4.84. The van der Waals surface area contributed by atoms with Gasteiger partial charge in [0.05, 0.1) is 0 Å². The number of nitrogens with zero attached hydrogens (tertiary/aromatic N) is 1. The fraction of sp³-hybridized carbons (Fsp3) is 0.571. The van der Waals surface area contributed by atoms with Crippen LogP contribution < -0.4 is 0 Å². The molecular weight excluding hydrogens is 198 g/mol. The van der Waals surface area contributed by atoms with Gasteiger partial charge in [0.1, 0.15) is 5.75 Å². The molecule has 0 radical (unpaired) electrons. The first-order valence-electron chi connectivity index (χ1n) is 6.24. The van der Waals surface area contributed by atoms with E-state index < -0.39 is 0 Å². The molecule has 1 N–H and O–H groups in total. The van der Waals surface area contributed by atoms with Gasteiger partial charge >= 0.3 is 0 Å². The molecule has 0 saturated heterocycles. The minimum Gasteiger partial charge on any atom is -0.508 e. The van der Waals surface area contributed by atoms with E-state index in [4.69, 9.17) is 0 Å². The fourth-order valence-corrected chi connectivity index (χ4v) is 2.56. The van der Waals surface area contributed by atoms with E-state index in [1.807, 2.05) is 18.2 Å².